The lowest BCUT2D eigenvalue weighted by Gasteiger charge is -2.23. The summed E-state index contributed by atoms with van der Waals surface area (Å²) >= 11 is 0. The number of rotatable bonds is 3. The fourth-order valence-electron chi connectivity index (χ4n) is 3.85. The van der Waals surface area contributed by atoms with Gasteiger partial charge in [0.05, 0.1) is 0 Å². The van der Waals surface area contributed by atoms with Crippen molar-refractivity contribution in [1.82, 2.24) is 5.09 Å². The summed E-state index contributed by atoms with van der Waals surface area (Å²) in [7, 11) is -3.01. The molecule has 0 spiro atoms. The average molecular weight is 339 g/mol. The second kappa shape index (κ2) is 6.23. The minimum atomic E-state index is -3.01. The van der Waals surface area contributed by atoms with Gasteiger partial charge in [-0.2, -0.15) is 0 Å². The Hall–Kier alpha value is -1.83. The van der Waals surface area contributed by atoms with Gasteiger partial charge >= 0.3 is 7.52 Å². The van der Waals surface area contributed by atoms with E-state index in [1.165, 1.54) is 11.1 Å². The van der Waals surface area contributed by atoms with Gasteiger partial charge in [-0.05, 0) is 36.0 Å². The Labute approximate surface area is 143 Å². The van der Waals surface area contributed by atoms with E-state index in [-0.39, 0.29) is 5.66 Å². The van der Waals surface area contributed by atoms with Gasteiger partial charge in [-0.25, -0.2) is 5.09 Å². The molecule has 1 heterocycles. The number of hydrogen-bond donors (Lipinski definition) is 1. The molecule has 1 N–H and O–H groups in total. The van der Waals surface area contributed by atoms with Crippen LogP contribution in [0.3, 0.4) is 0 Å². The molecule has 0 amide bonds. The van der Waals surface area contributed by atoms with Gasteiger partial charge in [-0.15, -0.1) is 0 Å². The molecular formula is C20H22NO2P. The number of benzene rings is 2. The summed E-state index contributed by atoms with van der Waals surface area (Å²) in [5.41, 5.74) is 4.49. The third kappa shape index (κ3) is 2.53. The van der Waals surface area contributed by atoms with E-state index in [0.29, 0.717) is 6.54 Å². The summed E-state index contributed by atoms with van der Waals surface area (Å²) in [6.07, 6.45) is 3.03. The fourth-order valence-corrected chi connectivity index (χ4v) is 6.36. The van der Waals surface area contributed by atoms with E-state index in [4.69, 9.17) is 4.52 Å². The molecule has 0 saturated heterocycles. The molecule has 3 nitrogen and oxygen atoms in total. The Morgan fingerprint density at radius 3 is 2.62 bits per heavy atom. The molecule has 2 aromatic carbocycles. The third-order valence-electron chi connectivity index (χ3n) is 4.84. The minimum Gasteiger partial charge on any atom is -0.431 e. The van der Waals surface area contributed by atoms with Gasteiger partial charge in [0.2, 0.25) is 0 Å². The van der Waals surface area contributed by atoms with Crippen LogP contribution in [0.15, 0.2) is 60.2 Å². The molecule has 24 heavy (non-hydrogen) atoms. The first kappa shape index (κ1) is 15.7. The number of aryl methyl sites for hydroxylation is 1. The van der Waals surface area contributed by atoms with Crippen molar-refractivity contribution >= 4 is 13.3 Å². The molecule has 2 unspecified atom stereocenters. The van der Waals surface area contributed by atoms with Crippen LogP contribution in [0.1, 0.15) is 42.1 Å². The Kier molecular flexibility index (Phi) is 4.07. The van der Waals surface area contributed by atoms with Crippen molar-refractivity contribution in [3.8, 4) is 0 Å². The predicted octanol–water partition coefficient (Wildman–Crippen LogP) is 5.31. The average Bonchev–Trinajstić information content (AvgIpc) is 2.77. The van der Waals surface area contributed by atoms with E-state index in [2.05, 4.69) is 35.4 Å². The molecule has 0 bridgehead atoms. The van der Waals surface area contributed by atoms with Crippen LogP contribution in [0, 0.1) is 0 Å². The molecule has 124 valence electrons. The molecule has 0 fully saturated rings. The van der Waals surface area contributed by atoms with Crippen molar-refractivity contribution in [3.05, 3.63) is 76.9 Å². The van der Waals surface area contributed by atoms with Gasteiger partial charge in [0.25, 0.3) is 0 Å². The van der Waals surface area contributed by atoms with E-state index in [1.807, 2.05) is 31.2 Å². The van der Waals surface area contributed by atoms with E-state index in [9.17, 15) is 4.57 Å². The topological polar surface area (TPSA) is 38.3 Å². The number of hydrogen-bond acceptors (Lipinski definition) is 2. The van der Waals surface area contributed by atoms with Crippen LogP contribution in [-0.4, -0.2) is 6.54 Å². The molecule has 4 rings (SSSR count). The van der Waals surface area contributed by atoms with Gasteiger partial charge in [0, 0.05) is 12.1 Å². The molecule has 2 aliphatic rings. The maximum atomic E-state index is 13.7. The molecule has 0 saturated carbocycles. The lowest BCUT2D eigenvalue weighted by Crippen LogP contribution is -2.14. The van der Waals surface area contributed by atoms with Crippen LogP contribution < -0.4 is 5.09 Å². The second-order valence-electron chi connectivity index (χ2n) is 6.38. The molecule has 2 aromatic rings. The highest BCUT2D eigenvalue weighted by Gasteiger charge is 2.47. The summed E-state index contributed by atoms with van der Waals surface area (Å²) in [4.78, 5) is 0. The molecule has 0 aromatic heterocycles. The molecule has 2 atom stereocenters. The molecule has 0 radical (unpaired) electrons. The highest BCUT2D eigenvalue weighted by atomic mass is 31.2. The Morgan fingerprint density at radius 2 is 1.83 bits per heavy atom. The van der Waals surface area contributed by atoms with Gasteiger partial charge in [0.1, 0.15) is 11.4 Å². The van der Waals surface area contributed by atoms with Crippen LogP contribution in [0.2, 0.25) is 0 Å². The molecule has 1 aliphatic heterocycles. The van der Waals surface area contributed by atoms with Crippen LogP contribution in [0.5, 0.6) is 0 Å². The van der Waals surface area contributed by atoms with Crippen molar-refractivity contribution in [1.29, 1.82) is 0 Å². The second-order valence-corrected chi connectivity index (χ2v) is 8.59. The van der Waals surface area contributed by atoms with Crippen LogP contribution >= 0.6 is 7.52 Å². The quantitative estimate of drug-likeness (QED) is 0.770. The lowest BCUT2D eigenvalue weighted by molar-refractivity contribution is 0.453. The number of allylic oxidation sites excluding steroid dienone is 1. The van der Waals surface area contributed by atoms with Crippen molar-refractivity contribution in [2.24, 2.45) is 0 Å². The van der Waals surface area contributed by atoms with Gasteiger partial charge in [-0.3, -0.25) is 4.57 Å². The Morgan fingerprint density at radius 1 is 1.08 bits per heavy atom. The fraction of sp³-hybridized carbons (Fsp3) is 0.300. The molecule has 1 aliphatic carbocycles. The maximum absolute atomic E-state index is 13.7. The van der Waals surface area contributed by atoms with Crippen molar-refractivity contribution < 1.29 is 9.09 Å². The highest BCUT2D eigenvalue weighted by molar-refractivity contribution is 7.58. The first-order valence-corrected chi connectivity index (χ1v) is 10.3. The Bertz CT molecular complexity index is 829. The first-order valence-electron chi connectivity index (χ1n) is 8.63. The Balaban J connectivity index is 1.89. The largest absolute Gasteiger partial charge is 0.431 e. The van der Waals surface area contributed by atoms with E-state index >= 15 is 0 Å². The van der Waals surface area contributed by atoms with Gasteiger partial charge in [0.15, 0.2) is 0 Å². The van der Waals surface area contributed by atoms with E-state index < -0.39 is 7.52 Å². The predicted molar refractivity (Wildman–Crippen MR) is 97.9 cm³/mol. The SMILES string of the molecule is CCNP1(=O)OC2=C(CCCc3ccccc32)C1c1ccccc1. The highest BCUT2D eigenvalue weighted by Crippen LogP contribution is 2.69. The van der Waals surface area contributed by atoms with Gasteiger partial charge < -0.3 is 4.52 Å². The lowest BCUT2D eigenvalue weighted by atomic mass is 9.98. The monoisotopic (exact) mass is 339 g/mol. The van der Waals surface area contributed by atoms with Crippen molar-refractivity contribution in [3.63, 3.8) is 0 Å². The van der Waals surface area contributed by atoms with Crippen LogP contribution in [-0.2, 0) is 15.5 Å². The zero-order valence-electron chi connectivity index (χ0n) is 13.9. The minimum absolute atomic E-state index is 0.181. The molecular weight excluding hydrogens is 317 g/mol. The summed E-state index contributed by atoms with van der Waals surface area (Å²) < 4.78 is 19.8. The number of nitrogens with one attached hydrogen (secondary N) is 1. The standard InChI is InChI=1S/C20H22NO2P/c1-2-21-24(22)20(16-10-4-3-5-11-16)18-14-8-12-15-9-6-7-13-17(15)19(18)23-24/h3-7,9-11,13,20H,2,8,12,14H2,1H3,(H,21,22). The first-order chi connectivity index (χ1) is 11.7. The third-order valence-corrected chi connectivity index (χ3v) is 7.34. The summed E-state index contributed by atoms with van der Waals surface area (Å²) in [5, 5.41) is 3.17. The normalized spacial score (nSPS) is 25.6. The summed E-state index contributed by atoms with van der Waals surface area (Å²) in [6, 6.07) is 18.5. The summed E-state index contributed by atoms with van der Waals surface area (Å²) in [5.74, 6) is 0.848. The number of fused-ring (bicyclic) bond motifs is 2. The van der Waals surface area contributed by atoms with Crippen LogP contribution in [0.4, 0.5) is 0 Å². The summed E-state index contributed by atoms with van der Waals surface area (Å²) in [6.45, 7) is 2.60. The van der Waals surface area contributed by atoms with Crippen molar-refractivity contribution in [2.45, 2.75) is 31.8 Å². The van der Waals surface area contributed by atoms with Crippen molar-refractivity contribution in [2.75, 3.05) is 6.54 Å². The van der Waals surface area contributed by atoms with E-state index in [1.54, 1.807) is 0 Å². The zero-order chi connectivity index (χ0) is 16.6. The zero-order valence-corrected chi connectivity index (χ0v) is 14.8. The maximum Gasteiger partial charge on any atom is 0.328 e. The van der Waals surface area contributed by atoms with Gasteiger partial charge in [-0.1, -0.05) is 61.5 Å². The smallest absolute Gasteiger partial charge is 0.328 e. The van der Waals surface area contributed by atoms with E-state index in [0.717, 1.165) is 36.1 Å². The molecule has 4 heteroatoms. The van der Waals surface area contributed by atoms with Crippen LogP contribution in [0.25, 0.3) is 5.76 Å².